The predicted octanol–water partition coefficient (Wildman–Crippen LogP) is 3.15. The van der Waals surface area contributed by atoms with Crippen molar-refractivity contribution in [2.45, 2.75) is 28.0 Å². The summed E-state index contributed by atoms with van der Waals surface area (Å²) in [5.74, 6) is 0. The molecule has 5 N–H and O–H groups in total. The zero-order chi connectivity index (χ0) is 20.3. The fourth-order valence-electron chi connectivity index (χ4n) is 2.74. The van der Waals surface area contributed by atoms with Crippen LogP contribution in [0.4, 0.5) is 0 Å². The first-order chi connectivity index (χ1) is 13.3. The molecule has 0 spiro atoms. The van der Waals surface area contributed by atoms with Crippen LogP contribution in [0.25, 0.3) is 11.1 Å². The van der Waals surface area contributed by atoms with Gasteiger partial charge in [0.2, 0.25) is 10.0 Å². The smallest absolute Gasteiger partial charge is 0.238 e. The van der Waals surface area contributed by atoms with Crippen LogP contribution in [-0.2, 0) is 23.2 Å². The predicted molar refractivity (Wildman–Crippen MR) is 110 cm³/mol. The number of rotatable bonds is 6. The minimum Gasteiger partial charge on any atom is -0.392 e. The van der Waals surface area contributed by atoms with Crippen LogP contribution in [0.3, 0.4) is 0 Å². The number of aromatic nitrogens is 1. The van der Waals surface area contributed by atoms with Crippen molar-refractivity contribution < 1.29 is 13.5 Å². The number of pyridine rings is 1. The Hall–Kier alpha value is -1.94. The van der Waals surface area contributed by atoms with E-state index in [4.69, 9.17) is 22.5 Å². The van der Waals surface area contributed by atoms with E-state index in [1.54, 1.807) is 36.5 Å². The fourth-order valence-corrected chi connectivity index (χ4v) is 4.60. The molecule has 2 aromatic carbocycles. The second-order valence-electron chi connectivity index (χ2n) is 5.90. The number of nitrogens with two attached hydrogens (primary N) is 2. The molecule has 1 heterocycles. The Morgan fingerprint density at radius 2 is 1.82 bits per heavy atom. The lowest BCUT2D eigenvalue weighted by molar-refractivity contribution is 0.278. The van der Waals surface area contributed by atoms with Crippen LogP contribution in [0.5, 0.6) is 0 Å². The standard InChI is InChI=1S/C19H18ClN3O3S2/c20-17-8-7-15(12-3-5-14(6-4-12)28(22,25)26)16(10-21)18(17)27-19-13(11-24)2-1-9-23-19/h1-9,24H,10-11,21H2,(H2,22,25,26). The van der Waals surface area contributed by atoms with E-state index in [0.717, 1.165) is 21.6 Å². The Bertz CT molecular complexity index is 1100. The maximum atomic E-state index is 11.5. The van der Waals surface area contributed by atoms with Crippen molar-refractivity contribution in [3.63, 3.8) is 0 Å². The monoisotopic (exact) mass is 435 g/mol. The van der Waals surface area contributed by atoms with E-state index in [-0.39, 0.29) is 18.0 Å². The molecule has 0 atom stereocenters. The quantitative estimate of drug-likeness (QED) is 0.547. The molecule has 0 aliphatic heterocycles. The van der Waals surface area contributed by atoms with Crippen LogP contribution in [0, 0.1) is 0 Å². The number of sulfonamides is 1. The van der Waals surface area contributed by atoms with Gasteiger partial charge in [0.25, 0.3) is 0 Å². The van der Waals surface area contributed by atoms with Gasteiger partial charge in [-0.1, -0.05) is 47.6 Å². The van der Waals surface area contributed by atoms with Gasteiger partial charge in [0, 0.05) is 23.2 Å². The normalized spacial score (nSPS) is 11.6. The lowest BCUT2D eigenvalue weighted by Crippen LogP contribution is -2.11. The lowest BCUT2D eigenvalue weighted by Gasteiger charge is -2.16. The van der Waals surface area contributed by atoms with Gasteiger partial charge in [-0.3, -0.25) is 0 Å². The van der Waals surface area contributed by atoms with Gasteiger partial charge in [0.05, 0.1) is 16.5 Å². The summed E-state index contributed by atoms with van der Waals surface area (Å²) in [6.07, 6.45) is 1.65. The third kappa shape index (κ3) is 4.38. The van der Waals surface area contributed by atoms with Crippen LogP contribution in [0.2, 0.25) is 5.02 Å². The SMILES string of the molecule is NCc1c(-c2ccc(S(N)(=O)=O)cc2)ccc(Cl)c1Sc1ncccc1CO. The Labute approximate surface area is 172 Å². The Morgan fingerprint density at radius 3 is 2.43 bits per heavy atom. The molecule has 0 unspecified atom stereocenters. The molecule has 0 saturated carbocycles. The highest BCUT2D eigenvalue weighted by atomic mass is 35.5. The topological polar surface area (TPSA) is 119 Å². The van der Waals surface area contributed by atoms with Gasteiger partial charge in [-0.05, 0) is 41.0 Å². The van der Waals surface area contributed by atoms with Crippen LogP contribution < -0.4 is 10.9 Å². The highest BCUT2D eigenvalue weighted by Crippen LogP contribution is 2.40. The number of hydrogen-bond donors (Lipinski definition) is 3. The van der Waals surface area contributed by atoms with E-state index >= 15 is 0 Å². The molecule has 1 aromatic heterocycles. The summed E-state index contributed by atoms with van der Waals surface area (Å²) in [6, 6.07) is 13.4. The van der Waals surface area contributed by atoms with Crippen LogP contribution in [-0.4, -0.2) is 18.5 Å². The Kier molecular flexibility index (Phi) is 6.39. The van der Waals surface area contributed by atoms with E-state index in [2.05, 4.69) is 4.98 Å². The number of hydrogen-bond acceptors (Lipinski definition) is 6. The average molecular weight is 436 g/mol. The number of aliphatic hydroxyl groups excluding tert-OH is 1. The molecular weight excluding hydrogens is 418 g/mol. The molecule has 6 nitrogen and oxygen atoms in total. The molecule has 0 aliphatic carbocycles. The number of primary sulfonamides is 1. The maximum Gasteiger partial charge on any atom is 0.238 e. The van der Waals surface area contributed by atoms with Crippen molar-refractivity contribution in [2.24, 2.45) is 10.9 Å². The summed E-state index contributed by atoms with van der Waals surface area (Å²) >= 11 is 7.77. The first kappa shape index (κ1) is 20.8. The summed E-state index contributed by atoms with van der Waals surface area (Å²) in [4.78, 5) is 5.10. The molecule has 146 valence electrons. The van der Waals surface area contributed by atoms with E-state index in [9.17, 15) is 13.5 Å². The summed E-state index contributed by atoms with van der Waals surface area (Å²) < 4.78 is 23.0. The minimum atomic E-state index is -3.76. The number of nitrogens with zero attached hydrogens (tertiary/aromatic N) is 1. The summed E-state index contributed by atoms with van der Waals surface area (Å²) in [6.45, 7) is 0.0803. The highest BCUT2D eigenvalue weighted by molar-refractivity contribution is 7.99. The number of halogens is 1. The second kappa shape index (κ2) is 8.60. The number of aliphatic hydroxyl groups is 1. The maximum absolute atomic E-state index is 11.5. The molecule has 3 aromatic rings. The molecule has 0 bridgehead atoms. The zero-order valence-electron chi connectivity index (χ0n) is 14.7. The van der Waals surface area contributed by atoms with Gasteiger partial charge in [-0.15, -0.1) is 0 Å². The molecule has 3 rings (SSSR count). The number of benzene rings is 2. The minimum absolute atomic E-state index is 0.0372. The van der Waals surface area contributed by atoms with Crippen LogP contribution in [0.1, 0.15) is 11.1 Å². The van der Waals surface area contributed by atoms with Gasteiger partial charge in [0.15, 0.2) is 0 Å². The first-order valence-electron chi connectivity index (χ1n) is 8.22. The van der Waals surface area contributed by atoms with Crippen molar-refractivity contribution >= 4 is 33.4 Å². The Morgan fingerprint density at radius 1 is 1.11 bits per heavy atom. The van der Waals surface area contributed by atoms with Gasteiger partial charge < -0.3 is 10.8 Å². The zero-order valence-corrected chi connectivity index (χ0v) is 17.1. The second-order valence-corrected chi connectivity index (χ2v) is 8.87. The van der Waals surface area contributed by atoms with Crippen molar-refractivity contribution in [3.05, 3.63) is 70.9 Å². The largest absolute Gasteiger partial charge is 0.392 e. The van der Waals surface area contributed by atoms with E-state index in [1.807, 2.05) is 6.07 Å². The summed E-state index contributed by atoms with van der Waals surface area (Å²) in [5.41, 5.74) is 9.13. The Balaban J connectivity index is 2.08. The van der Waals surface area contributed by atoms with E-state index in [1.165, 1.54) is 23.9 Å². The van der Waals surface area contributed by atoms with E-state index < -0.39 is 10.0 Å². The molecule has 9 heteroatoms. The molecule has 28 heavy (non-hydrogen) atoms. The van der Waals surface area contributed by atoms with Gasteiger partial charge in [0.1, 0.15) is 5.03 Å². The molecule has 0 amide bonds. The molecule has 0 aliphatic rings. The van der Waals surface area contributed by atoms with Crippen LogP contribution in [0.15, 0.2) is 69.5 Å². The molecule has 0 saturated heterocycles. The summed E-state index contributed by atoms with van der Waals surface area (Å²) in [7, 11) is -3.76. The van der Waals surface area contributed by atoms with Crippen molar-refractivity contribution in [1.82, 2.24) is 4.98 Å². The van der Waals surface area contributed by atoms with Gasteiger partial charge in [-0.2, -0.15) is 0 Å². The van der Waals surface area contributed by atoms with Crippen LogP contribution >= 0.6 is 23.4 Å². The average Bonchev–Trinajstić information content (AvgIpc) is 2.69. The summed E-state index contributed by atoms with van der Waals surface area (Å²) in [5, 5.41) is 15.9. The lowest BCUT2D eigenvalue weighted by atomic mass is 10.00. The van der Waals surface area contributed by atoms with Gasteiger partial charge in [-0.25, -0.2) is 18.5 Å². The van der Waals surface area contributed by atoms with E-state index in [0.29, 0.717) is 15.6 Å². The highest BCUT2D eigenvalue weighted by Gasteiger charge is 2.17. The molecule has 0 fully saturated rings. The van der Waals surface area contributed by atoms with Gasteiger partial charge >= 0.3 is 0 Å². The van der Waals surface area contributed by atoms with Crippen molar-refractivity contribution in [3.8, 4) is 11.1 Å². The van der Waals surface area contributed by atoms with Crippen molar-refractivity contribution in [2.75, 3.05) is 0 Å². The van der Waals surface area contributed by atoms with Crippen molar-refractivity contribution in [1.29, 1.82) is 0 Å². The third-order valence-corrected chi connectivity index (χ3v) is 6.72. The third-order valence-electron chi connectivity index (χ3n) is 4.13. The first-order valence-corrected chi connectivity index (χ1v) is 11.0. The fraction of sp³-hybridized carbons (Fsp3) is 0.105. The molecule has 0 radical (unpaired) electrons. The molecular formula is C19H18ClN3O3S2.